The summed E-state index contributed by atoms with van der Waals surface area (Å²) in [6.45, 7) is 1.21. The number of rotatable bonds is 4. The number of likely N-dealkylation sites (tertiary alicyclic amines) is 1. The van der Waals surface area contributed by atoms with Crippen molar-refractivity contribution in [1.29, 1.82) is 5.41 Å². The third-order valence-corrected chi connectivity index (χ3v) is 4.07. The van der Waals surface area contributed by atoms with Gasteiger partial charge in [-0.15, -0.1) is 0 Å². The molecule has 0 saturated carbocycles. The second-order valence-corrected chi connectivity index (χ2v) is 5.57. The van der Waals surface area contributed by atoms with Gasteiger partial charge in [0.2, 0.25) is 0 Å². The summed E-state index contributed by atoms with van der Waals surface area (Å²) in [4.78, 5) is 14.4. The highest BCUT2D eigenvalue weighted by molar-refractivity contribution is 6.14. The van der Waals surface area contributed by atoms with Crippen LogP contribution in [0.25, 0.3) is 0 Å². The number of anilines is 1. The molecule has 0 aromatic heterocycles. The topological polar surface area (TPSA) is 80.6 Å². The van der Waals surface area contributed by atoms with Gasteiger partial charge in [-0.05, 0) is 25.0 Å². The van der Waals surface area contributed by atoms with Crippen molar-refractivity contribution in [3.8, 4) is 0 Å². The lowest BCUT2D eigenvalue weighted by Gasteiger charge is -2.33. The normalized spacial score (nSPS) is 23.8. The predicted molar refractivity (Wildman–Crippen MR) is 83.1 cm³/mol. The lowest BCUT2D eigenvalue weighted by Crippen LogP contribution is -2.53. The van der Waals surface area contributed by atoms with Gasteiger partial charge in [0.25, 0.3) is 5.91 Å². The van der Waals surface area contributed by atoms with Gasteiger partial charge in [-0.1, -0.05) is 6.07 Å². The van der Waals surface area contributed by atoms with E-state index in [9.17, 15) is 9.18 Å². The maximum atomic E-state index is 14.2. The quantitative estimate of drug-likeness (QED) is 0.582. The summed E-state index contributed by atoms with van der Waals surface area (Å²) in [5, 5.41) is 14.1. The Hall–Kier alpha value is -2.28. The monoisotopic (exact) mass is 303 g/mol. The van der Waals surface area contributed by atoms with Crippen molar-refractivity contribution < 1.29 is 9.18 Å². The molecule has 0 spiro atoms. The van der Waals surface area contributed by atoms with E-state index in [4.69, 9.17) is 5.41 Å². The largest absolute Gasteiger partial charge is 0.335 e. The molecule has 2 saturated heterocycles. The Bertz CT molecular complexity index is 606. The second-order valence-electron chi connectivity index (χ2n) is 5.57. The Labute approximate surface area is 127 Å². The van der Waals surface area contributed by atoms with Crippen LogP contribution in [-0.4, -0.2) is 48.4 Å². The number of nitrogens with one attached hydrogen (secondary N) is 3. The summed E-state index contributed by atoms with van der Waals surface area (Å²) in [6, 6.07) is 5.02. The number of hydrazone groups is 1. The van der Waals surface area contributed by atoms with Gasteiger partial charge in [-0.3, -0.25) is 10.2 Å². The van der Waals surface area contributed by atoms with Crippen LogP contribution in [-0.2, 0) is 0 Å². The molecule has 2 aliphatic rings. The standard InChI is InChI=1S/C15H18FN5O/c16-12-2-1-3-13(20-18-7-6-17)14(12)15(22)21-8-10-4-5-11(9-21)19-10/h1-3,6-7,10-11,17,19-20H,4-5,8-9H2/b17-6?,18-7-. The number of carbonyl (C=O) groups is 1. The van der Waals surface area contributed by atoms with Gasteiger partial charge in [-0.25, -0.2) is 4.39 Å². The van der Waals surface area contributed by atoms with E-state index in [0.29, 0.717) is 30.9 Å². The van der Waals surface area contributed by atoms with Crippen molar-refractivity contribution in [2.45, 2.75) is 24.9 Å². The maximum Gasteiger partial charge on any atom is 0.259 e. The molecule has 3 N–H and O–H groups in total. The van der Waals surface area contributed by atoms with Crippen LogP contribution in [0.5, 0.6) is 0 Å². The van der Waals surface area contributed by atoms with E-state index < -0.39 is 5.82 Å². The van der Waals surface area contributed by atoms with Crippen LogP contribution in [0.1, 0.15) is 23.2 Å². The lowest BCUT2D eigenvalue weighted by molar-refractivity contribution is 0.0694. The van der Waals surface area contributed by atoms with Crippen molar-refractivity contribution in [3.05, 3.63) is 29.6 Å². The molecule has 1 aromatic carbocycles. The molecule has 2 heterocycles. The SMILES string of the molecule is N=C/C=N\Nc1cccc(F)c1C(=O)N1CC2CCC(C1)N2. The molecule has 0 aliphatic carbocycles. The Morgan fingerprint density at radius 2 is 2.14 bits per heavy atom. The van der Waals surface area contributed by atoms with Crippen molar-refractivity contribution in [2.75, 3.05) is 18.5 Å². The number of amides is 1. The third kappa shape index (κ3) is 2.85. The summed E-state index contributed by atoms with van der Waals surface area (Å²) >= 11 is 0. The first-order valence-corrected chi connectivity index (χ1v) is 7.31. The molecule has 116 valence electrons. The molecular formula is C15H18FN5O. The van der Waals surface area contributed by atoms with E-state index >= 15 is 0 Å². The Kier molecular flexibility index (Phi) is 4.15. The summed E-state index contributed by atoms with van der Waals surface area (Å²) < 4.78 is 14.2. The van der Waals surface area contributed by atoms with E-state index in [-0.39, 0.29) is 11.5 Å². The second kappa shape index (κ2) is 6.23. The van der Waals surface area contributed by atoms with Crippen molar-refractivity contribution in [2.24, 2.45) is 5.10 Å². The van der Waals surface area contributed by atoms with E-state index in [0.717, 1.165) is 19.1 Å². The zero-order valence-electron chi connectivity index (χ0n) is 12.1. The first-order valence-electron chi connectivity index (χ1n) is 7.31. The van der Waals surface area contributed by atoms with E-state index in [1.165, 1.54) is 18.3 Å². The van der Waals surface area contributed by atoms with E-state index in [1.54, 1.807) is 11.0 Å². The summed E-state index contributed by atoms with van der Waals surface area (Å²) in [5.41, 5.74) is 2.95. The zero-order chi connectivity index (χ0) is 15.5. The fourth-order valence-electron chi connectivity index (χ4n) is 3.10. The van der Waals surface area contributed by atoms with E-state index in [1.807, 2.05) is 0 Å². The predicted octanol–water partition coefficient (Wildman–Crippen LogP) is 1.45. The van der Waals surface area contributed by atoms with Gasteiger partial charge >= 0.3 is 0 Å². The molecule has 3 rings (SSSR count). The van der Waals surface area contributed by atoms with Crippen LogP contribution in [0, 0.1) is 11.2 Å². The fraction of sp³-hybridized carbons (Fsp3) is 0.400. The smallest absolute Gasteiger partial charge is 0.259 e. The minimum absolute atomic E-state index is 0.00549. The van der Waals surface area contributed by atoms with Crippen LogP contribution in [0.4, 0.5) is 10.1 Å². The maximum absolute atomic E-state index is 14.2. The van der Waals surface area contributed by atoms with Crippen molar-refractivity contribution >= 4 is 24.0 Å². The minimum Gasteiger partial charge on any atom is -0.335 e. The Balaban J connectivity index is 1.84. The summed E-state index contributed by atoms with van der Waals surface area (Å²) in [7, 11) is 0. The van der Waals surface area contributed by atoms with Crippen LogP contribution in [0.3, 0.4) is 0 Å². The molecule has 1 amide bonds. The molecule has 2 unspecified atom stereocenters. The third-order valence-electron chi connectivity index (χ3n) is 4.07. The van der Waals surface area contributed by atoms with Gasteiger partial charge < -0.3 is 15.6 Å². The highest BCUT2D eigenvalue weighted by Crippen LogP contribution is 2.25. The number of carbonyl (C=O) groups excluding carboxylic acids is 1. The lowest BCUT2D eigenvalue weighted by atomic mass is 10.1. The van der Waals surface area contributed by atoms with Crippen LogP contribution in [0.15, 0.2) is 23.3 Å². The molecule has 1 aromatic rings. The van der Waals surface area contributed by atoms with Gasteiger partial charge in [0.05, 0.1) is 11.9 Å². The van der Waals surface area contributed by atoms with Gasteiger partial charge in [0.15, 0.2) is 0 Å². The number of piperazine rings is 1. The van der Waals surface area contributed by atoms with Crippen molar-refractivity contribution in [1.82, 2.24) is 10.2 Å². The zero-order valence-corrected chi connectivity index (χ0v) is 12.1. The summed E-state index contributed by atoms with van der Waals surface area (Å²) in [5.74, 6) is -0.880. The average molecular weight is 303 g/mol. The number of hydrogen-bond donors (Lipinski definition) is 3. The van der Waals surface area contributed by atoms with Crippen molar-refractivity contribution in [3.63, 3.8) is 0 Å². The fourth-order valence-corrected chi connectivity index (χ4v) is 3.10. The highest BCUT2D eigenvalue weighted by atomic mass is 19.1. The molecule has 6 nitrogen and oxygen atoms in total. The van der Waals surface area contributed by atoms with Gasteiger partial charge in [0.1, 0.15) is 11.4 Å². The molecule has 2 fully saturated rings. The molecule has 0 radical (unpaired) electrons. The molecular weight excluding hydrogens is 285 g/mol. The highest BCUT2D eigenvalue weighted by Gasteiger charge is 2.35. The van der Waals surface area contributed by atoms with Crippen LogP contribution < -0.4 is 10.7 Å². The number of hydrogen-bond acceptors (Lipinski definition) is 5. The van der Waals surface area contributed by atoms with Crippen LogP contribution in [0.2, 0.25) is 0 Å². The average Bonchev–Trinajstić information content (AvgIpc) is 2.85. The van der Waals surface area contributed by atoms with Gasteiger partial charge in [0, 0.05) is 31.4 Å². The number of fused-ring (bicyclic) bond motifs is 2. The number of nitrogens with zero attached hydrogens (tertiary/aromatic N) is 2. The Morgan fingerprint density at radius 1 is 1.41 bits per heavy atom. The van der Waals surface area contributed by atoms with Crippen LogP contribution >= 0.6 is 0 Å². The number of benzene rings is 1. The molecule has 22 heavy (non-hydrogen) atoms. The molecule has 7 heteroatoms. The first kappa shape index (κ1) is 14.6. The molecule has 2 atom stereocenters. The summed E-state index contributed by atoms with van der Waals surface area (Å²) in [6.07, 6.45) is 4.34. The van der Waals surface area contributed by atoms with E-state index in [2.05, 4.69) is 15.8 Å². The minimum atomic E-state index is -0.564. The number of halogens is 1. The first-order chi connectivity index (χ1) is 10.7. The Morgan fingerprint density at radius 3 is 2.82 bits per heavy atom. The molecule has 2 bridgehead atoms. The van der Waals surface area contributed by atoms with Gasteiger partial charge in [-0.2, -0.15) is 5.10 Å². The molecule has 2 aliphatic heterocycles.